The summed E-state index contributed by atoms with van der Waals surface area (Å²) < 4.78 is 11.0. The third kappa shape index (κ3) is 5.82. The van der Waals surface area contributed by atoms with Crippen LogP contribution in [0.3, 0.4) is 0 Å². The van der Waals surface area contributed by atoms with E-state index in [1.807, 2.05) is 0 Å². The largest absolute Gasteiger partial charge is 0.502 e. The molecule has 0 atom stereocenters. The smallest absolute Gasteiger partial charge is 0.410 e. The summed E-state index contributed by atoms with van der Waals surface area (Å²) in [4.78, 5) is 42.0. The number of aromatic hydroxyl groups is 1. The lowest BCUT2D eigenvalue weighted by atomic mass is 10.1. The summed E-state index contributed by atoms with van der Waals surface area (Å²) in [6, 6.07) is 5.86. The standard InChI is InChI=1S/C16H19N3O5.C8H6N2O3/c1-16(2,3)24-15(20)18-8-12(9-18)23-14-5-11-7-17-6-10(11)4-13(14)19(21)22;11-8-2-6-4-9-3-5(6)1-7(8)10(12)13/h4-6,12H,7-9H2,1-3H3;1-3,11H,4H2. The van der Waals surface area contributed by atoms with E-state index in [1.54, 1.807) is 39.3 Å². The van der Waals surface area contributed by atoms with Gasteiger partial charge in [-0.15, -0.1) is 0 Å². The Morgan fingerprint density at radius 1 is 0.973 bits per heavy atom. The number of likely N-dealkylation sites (tertiary alicyclic amines) is 1. The molecule has 194 valence electrons. The molecule has 13 heteroatoms. The Hall–Kier alpha value is -4.55. The second-order valence-electron chi connectivity index (χ2n) is 9.64. The fourth-order valence-electron chi connectivity index (χ4n) is 3.81. The molecule has 2 aromatic rings. The molecule has 1 saturated heterocycles. The van der Waals surface area contributed by atoms with Crippen molar-refractivity contribution in [3.63, 3.8) is 0 Å². The summed E-state index contributed by atoms with van der Waals surface area (Å²) >= 11 is 0. The molecular weight excluding hydrogens is 486 g/mol. The van der Waals surface area contributed by atoms with Crippen LogP contribution in [0.1, 0.15) is 43.0 Å². The molecule has 3 aliphatic heterocycles. The number of ether oxygens (including phenoxy) is 2. The van der Waals surface area contributed by atoms with Crippen LogP contribution < -0.4 is 4.74 Å². The highest BCUT2D eigenvalue weighted by Crippen LogP contribution is 2.34. The van der Waals surface area contributed by atoms with E-state index in [1.165, 1.54) is 23.1 Å². The minimum absolute atomic E-state index is 0.0854. The highest BCUT2D eigenvalue weighted by Gasteiger charge is 2.36. The van der Waals surface area contributed by atoms with Gasteiger partial charge in [0.1, 0.15) is 11.7 Å². The maximum atomic E-state index is 11.9. The van der Waals surface area contributed by atoms with E-state index >= 15 is 0 Å². The molecule has 0 aliphatic carbocycles. The number of benzene rings is 2. The van der Waals surface area contributed by atoms with E-state index in [9.17, 15) is 30.1 Å². The number of hydrogen-bond acceptors (Lipinski definition) is 10. The molecule has 0 saturated carbocycles. The van der Waals surface area contributed by atoms with Crippen LogP contribution in [0.4, 0.5) is 16.2 Å². The van der Waals surface area contributed by atoms with Crippen LogP contribution in [0.2, 0.25) is 0 Å². The van der Waals surface area contributed by atoms with Crippen molar-refractivity contribution in [3.8, 4) is 11.5 Å². The first-order chi connectivity index (χ1) is 17.4. The summed E-state index contributed by atoms with van der Waals surface area (Å²) in [6.07, 6.45) is 2.51. The lowest BCUT2D eigenvalue weighted by Gasteiger charge is -2.39. The van der Waals surface area contributed by atoms with Gasteiger partial charge in [-0.05, 0) is 44.0 Å². The van der Waals surface area contributed by atoms with E-state index in [-0.39, 0.29) is 29.0 Å². The Bertz CT molecular complexity index is 1330. The Balaban J connectivity index is 0.000000207. The molecule has 3 aliphatic rings. The number of aliphatic imine (C=N–C) groups is 2. The lowest BCUT2D eigenvalue weighted by molar-refractivity contribution is -0.386. The molecule has 1 fully saturated rings. The van der Waals surface area contributed by atoms with E-state index in [2.05, 4.69) is 9.98 Å². The molecular formula is C24H25N5O8. The van der Waals surface area contributed by atoms with Gasteiger partial charge in [0.15, 0.2) is 11.5 Å². The Morgan fingerprint density at radius 3 is 2.05 bits per heavy atom. The molecule has 0 spiro atoms. The number of carbonyl (C=O) groups is 1. The molecule has 5 rings (SSSR count). The summed E-state index contributed by atoms with van der Waals surface area (Å²) in [7, 11) is 0. The lowest BCUT2D eigenvalue weighted by Crippen LogP contribution is -2.57. The van der Waals surface area contributed by atoms with Gasteiger partial charge in [0.05, 0.1) is 36.0 Å². The van der Waals surface area contributed by atoms with Gasteiger partial charge in [-0.3, -0.25) is 30.2 Å². The van der Waals surface area contributed by atoms with Gasteiger partial charge < -0.3 is 19.5 Å². The number of hydrogen-bond donors (Lipinski definition) is 1. The van der Waals surface area contributed by atoms with Crippen molar-refractivity contribution < 1.29 is 29.2 Å². The molecule has 0 unspecified atom stereocenters. The number of nitrogens with zero attached hydrogens (tertiary/aromatic N) is 5. The number of phenols is 1. The number of nitro groups is 2. The SMILES string of the molecule is CC(C)(C)OC(=O)N1CC(Oc2cc3c(cc2[N+](=O)[O-])C=NC3)C1.O=[N+]([O-])c1cc2c(cc1O)CN=C2. The van der Waals surface area contributed by atoms with Crippen molar-refractivity contribution in [2.24, 2.45) is 9.98 Å². The van der Waals surface area contributed by atoms with Gasteiger partial charge >= 0.3 is 17.5 Å². The Labute approximate surface area is 211 Å². The average molecular weight is 511 g/mol. The molecule has 0 radical (unpaired) electrons. The molecule has 1 amide bonds. The Morgan fingerprint density at radius 2 is 1.51 bits per heavy atom. The molecule has 2 aromatic carbocycles. The normalized spacial score (nSPS) is 15.3. The predicted molar refractivity (Wildman–Crippen MR) is 133 cm³/mol. The summed E-state index contributed by atoms with van der Waals surface area (Å²) in [6.45, 7) is 7.08. The van der Waals surface area contributed by atoms with Crippen molar-refractivity contribution in [1.82, 2.24) is 4.90 Å². The minimum atomic E-state index is -0.609. The van der Waals surface area contributed by atoms with Crippen LogP contribution in [0, 0.1) is 20.2 Å². The zero-order valence-corrected chi connectivity index (χ0v) is 20.4. The zero-order valence-electron chi connectivity index (χ0n) is 20.4. The van der Waals surface area contributed by atoms with E-state index in [0.717, 1.165) is 16.7 Å². The van der Waals surface area contributed by atoms with Crippen LogP contribution in [0.25, 0.3) is 0 Å². The third-order valence-corrected chi connectivity index (χ3v) is 5.63. The van der Waals surface area contributed by atoms with Crippen LogP contribution in [0.15, 0.2) is 34.3 Å². The van der Waals surface area contributed by atoms with Crippen molar-refractivity contribution in [3.05, 3.63) is 66.7 Å². The van der Waals surface area contributed by atoms with Crippen LogP contribution >= 0.6 is 0 Å². The summed E-state index contributed by atoms with van der Waals surface area (Å²) in [5.41, 5.74) is 2.27. The summed E-state index contributed by atoms with van der Waals surface area (Å²) in [5.74, 6) is -0.0765. The number of carbonyl (C=O) groups excluding carboxylic acids is 1. The van der Waals surface area contributed by atoms with Gasteiger partial charge in [0, 0.05) is 35.7 Å². The number of phenolic OH excluding ortho intramolecular Hbond substituents is 1. The first-order valence-corrected chi connectivity index (χ1v) is 11.4. The first-order valence-electron chi connectivity index (χ1n) is 11.4. The minimum Gasteiger partial charge on any atom is -0.502 e. The van der Waals surface area contributed by atoms with Crippen molar-refractivity contribution in [2.45, 2.75) is 45.6 Å². The van der Waals surface area contributed by atoms with E-state index in [0.29, 0.717) is 31.7 Å². The average Bonchev–Trinajstić information content (AvgIpc) is 3.41. The maximum absolute atomic E-state index is 11.9. The van der Waals surface area contributed by atoms with Crippen LogP contribution in [-0.4, -0.2) is 63.2 Å². The van der Waals surface area contributed by atoms with E-state index < -0.39 is 21.5 Å². The second kappa shape index (κ2) is 9.84. The number of nitro benzene ring substituents is 2. The highest BCUT2D eigenvalue weighted by atomic mass is 16.6. The van der Waals surface area contributed by atoms with Crippen LogP contribution in [-0.2, 0) is 17.8 Å². The van der Waals surface area contributed by atoms with Gasteiger partial charge in [-0.2, -0.15) is 0 Å². The third-order valence-electron chi connectivity index (χ3n) is 5.63. The first kappa shape index (κ1) is 25.5. The number of fused-ring (bicyclic) bond motifs is 2. The van der Waals surface area contributed by atoms with Crippen LogP contribution in [0.5, 0.6) is 11.5 Å². The van der Waals surface area contributed by atoms with Gasteiger partial charge in [0.2, 0.25) is 0 Å². The molecule has 37 heavy (non-hydrogen) atoms. The zero-order chi connectivity index (χ0) is 26.9. The second-order valence-corrected chi connectivity index (χ2v) is 9.64. The highest BCUT2D eigenvalue weighted by molar-refractivity contribution is 5.87. The topological polar surface area (TPSA) is 170 Å². The molecule has 1 N–H and O–H groups in total. The van der Waals surface area contributed by atoms with Gasteiger partial charge in [0.25, 0.3) is 0 Å². The molecule has 13 nitrogen and oxygen atoms in total. The predicted octanol–water partition coefficient (Wildman–Crippen LogP) is 3.76. The van der Waals surface area contributed by atoms with Gasteiger partial charge in [-0.25, -0.2) is 4.79 Å². The fourth-order valence-corrected chi connectivity index (χ4v) is 3.81. The molecule has 3 heterocycles. The maximum Gasteiger partial charge on any atom is 0.410 e. The van der Waals surface area contributed by atoms with Crippen molar-refractivity contribution in [2.75, 3.05) is 13.1 Å². The Kier molecular flexibility index (Phi) is 6.79. The number of amides is 1. The summed E-state index contributed by atoms with van der Waals surface area (Å²) in [5, 5.41) is 30.9. The molecule has 0 aromatic heterocycles. The van der Waals surface area contributed by atoms with Crippen molar-refractivity contribution >= 4 is 29.9 Å². The number of rotatable bonds is 4. The quantitative estimate of drug-likeness (QED) is 0.478. The molecule has 0 bridgehead atoms. The fraction of sp³-hybridized carbons (Fsp3) is 0.375. The van der Waals surface area contributed by atoms with Gasteiger partial charge in [-0.1, -0.05) is 0 Å². The van der Waals surface area contributed by atoms with Crippen molar-refractivity contribution in [1.29, 1.82) is 0 Å². The monoisotopic (exact) mass is 511 g/mol. The van der Waals surface area contributed by atoms with E-state index in [4.69, 9.17) is 9.47 Å².